The molecule has 1 atom stereocenters. The molecule has 0 aliphatic carbocycles. The largest absolute Gasteiger partial charge is 0.493 e. The number of rotatable bonds is 5. The van der Waals surface area contributed by atoms with Crippen molar-refractivity contribution in [2.24, 2.45) is 0 Å². The van der Waals surface area contributed by atoms with Gasteiger partial charge in [-0.3, -0.25) is 0 Å². The Morgan fingerprint density at radius 2 is 1.57 bits per heavy atom. The Morgan fingerprint density at radius 1 is 0.952 bits per heavy atom. The van der Waals surface area contributed by atoms with Crippen LogP contribution in [0.25, 0.3) is 0 Å². The zero-order valence-electron chi connectivity index (χ0n) is 13.5. The number of benzene rings is 1. The van der Waals surface area contributed by atoms with E-state index in [2.05, 4.69) is 38.2 Å². The molecule has 3 nitrogen and oxygen atoms in total. The van der Waals surface area contributed by atoms with Gasteiger partial charge in [0.15, 0.2) is 11.5 Å². The fraction of sp³-hybridized carbons (Fsp3) is 0.412. The highest BCUT2D eigenvalue weighted by Gasteiger charge is 2.19. The summed E-state index contributed by atoms with van der Waals surface area (Å²) in [5.41, 5.74) is 3.75. The van der Waals surface area contributed by atoms with E-state index < -0.39 is 0 Å². The maximum absolute atomic E-state index is 5.44. The lowest BCUT2D eigenvalue weighted by Gasteiger charge is -2.20. The third kappa shape index (κ3) is 3.06. The predicted molar refractivity (Wildman–Crippen MR) is 89.0 cm³/mol. The second kappa shape index (κ2) is 6.50. The van der Waals surface area contributed by atoms with Crippen LogP contribution in [0, 0.1) is 20.8 Å². The maximum atomic E-state index is 5.44. The molecule has 0 bridgehead atoms. The van der Waals surface area contributed by atoms with Crippen LogP contribution in [0.2, 0.25) is 0 Å². The maximum Gasteiger partial charge on any atom is 0.161 e. The molecule has 2 aromatic rings. The zero-order chi connectivity index (χ0) is 15.6. The summed E-state index contributed by atoms with van der Waals surface area (Å²) >= 11 is 1.84. The van der Waals surface area contributed by atoms with Gasteiger partial charge < -0.3 is 14.8 Å². The second-order valence-electron chi connectivity index (χ2n) is 5.17. The van der Waals surface area contributed by atoms with Gasteiger partial charge in [0.2, 0.25) is 0 Å². The summed E-state index contributed by atoms with van der Waals surface area (Å²) in [6, 6.07) is 6.53. The quantitative estimate of drug-likeness (QED) is 0.905. The van der Waals surface area contributed by atoms with Crippen molar-refractivity contribution >= 4 is 11.3 Å². The SMILES string of the molecule is CNC(c1cc(C)c(C)s1)c1cc(OC)c(OC)cc1C. The summed E-state index contributed by atoms with van der Waals surface area (Å²) in [4.78, 5) is 2.69. The van der Waals surface area contributed by atoms with Crippen molar-refractivity contribution < 1.29 is 9.47 Å². The normalized spacial score (nSPS) is 12.3. The molecule has 0 radical (unpaired) electrons. The first kappa shape index (κ1) is 15.9. The molecule has 1 aromatic heterocycles. The molecular weight excluding hydrogens is 282 g/mol. The lowest BCUT2D eigenvalue weighted by molar-refractivity contribution is 0.354. The Bertz CT molecular complexity index is 614. The van der Waals surface area contributed by atoms with Crippen LogP contribution in [0.15, 0.2) is 18.2 Å². The third-order valence-corrected chi connectivity index (χ3v) is 5.06. The summed E-state index contributed by atoms with van der Waals surface area (Å²) in [7, 11) is 5.33. The molecule has 4 heteroatoms. The minimum atomic E-state index is 0.169. The van der Waals surface area contributed by atoms with E-state index in [9.17, 15) is 0 Å². The average Bonchev–Trinajstić information content (AvgIpc) is 2.80. The van der Waals surface area contributed by atoms with Crippen LogP contribution in [0.1, 0.15) is 32.5 Å². The van der Waals surface area contributed by atoms with Gasteiger partial charge in [0.1, 0.15) is 0 Å². The Morgan fingerprint density at radius 3 is 2.05 bits per heavy atom. The van der Waals surface area contributed by atoms with Crippen molar-refractivity contribution in [2.75, 3.05) is 21.3 Å². The van der Waals surface area contributed by atoms with Gasteiger partial charge in [-0.05, 0) is 62.7 Å². The van der Waals surface area contributed by atoms with E-state index in [1.54, 1.807) is 14.2 Å². The molecular formula is C17H23NO2S. The van der Waals surface area contributed by atoms with Gasteiger partial charge in [-0.25, -0.2) is 0 Å². The molecule has 0 fully saturated rings. The van der Waals surface area contributed by atoms with E-state index in [1.807, 2.05) is 24.5 Å². The Labute approximate surface area is 130 Å². The van der Waals surface area contributed by atoms with Crippen LogP contribution in [0.5, 0.6) is 11.5 Å². The summed E-state index contributed by atoms with van der Waals surface area (Å²) in [5, 5.41) is 3.42. The third-order valence-electron chi connectivity index (χ3n) is 3.84. The number of nitrogens with one attached hydrogen (secondary N) is 1. The Balaban J connectivity index is 2.51. The molecule has 0 aliphatic heterocycles. The van der Waals surface area contributed by atoms with Crippen LogP contribution in [-0.2, 0) is 0 Å². The van der Waals surface area contributed by atoms with Gasteiger partial charge in [0.25, 0.3) is 0 Å². The van der Waals surface area contributed by atoms with E-state index in [1.165, 1.54) is 26.4 Å². The lowest BCUT2D eigenvalue weighted by atomic mass is 9.98. The van der Waals surface area contributed by atoms with Gasteiger partial charge in [0.05, 0.1) is 20.3 Å². The molecule has 2 rings (SSSR count). The number of methoxy groups -OCH3 is 2. The highest BCUT2D eigenvalue weighted by molar-refractivity contribution is 7.12. The number of hydrogen-bond acceptors (Lipinski definition) is 4. The standard InChI is InChI=1S/C17H23NO2S/c1-10-8-16(21-12(10)3)17(18-4)13-9-15(20-6)14(19-5)7-11(13)2/h7-9,17-18H,1-6H3. The van der Waals surface area contributed by atoms with Gasteiger partial charge in [-0.15, -0.1) is 11.3 Å². The molecule has 1 N–H and O–H groups in total. The number of thiophene rings is 1. The average molecular weight is 305 g/mol. The van der Waals surface area contributed by atoms with E-state index >= 15 is 0 Å². The number of ether oxygens (including phenoxy) is 2. The first-order chi connectivity index (χ1) is 10.0. The molecule has 1 heterocycles. The molecule has 0 aliphatic rings. The minimum Gasteiger partial charge on any atom is -0.493 e. The fourth-order valence-corrected chi connectivity index (χ4v) is 3.67. The van der Waals surface area contributed by atoms with Gasteiger partial charge in [0, 0.05) is 9.75 Å². The van der Waals surface area contributed by atoms with Gasteiger partial charge >= 0.3 is 0 Å². The summed E-state index contributed by atoms with van der Waals surface area (Å²) < 4.78 is 10.8. The summed E-state index contributed by atoms with van der Waals surface area (Å²) in [5.74, 6) is 1.54. The van der Waals surface area contributed by atoms with Crippen molar-refractivity contribution in [3.05, 3.63) is 44.6 Å². The van der Waals surface area contributed by atoms with E-state index in [0.717, 1.165) is 11.5 Å². The highest BCUT2D eigenvalue weighted by Crippen LogP contribution is 2.37. The Hall–Kier alpha value is -1.52. The summed E-state index contributed by atoms with van der Waals surface area (Å²) in [6.45, 7) is 6.43. The first-order valence-electron chi connectivity index (χ1n) is 6.98. The van der Waals surface area contributed by atoms with Crippen LogP contribution >= 0.6 is 11.3 Å². The van der Waals surface area contributed by atoms with Gasteiger partial charge in [-0.1, -0.05) is 0 Å². The first-order valence-corrected chi connectivity index (χ1v) is 7.80. The second-order valence-corrected chi connectivity index (χ2v) is 6.46. The Kier molecular flexibility index (Phi) is 4.91. The van der Waals surface area contributed by atoms with Crippen LogP contribution in [0.4, 0.5) is 0 Å². The predicted octanol–water partition coefficient (Wildman–Crippen LogP) is 4.00. The van der Waals surface area contributed by atoms with Crippen LogP contribution < -0.4 is 14.8 Å². The zero-order valence-corrected chi connectivity index (χ0v) is 14.4. The number of hydrogen-bond donors (Lipinski definition) is 1. The molecule has 1 unspecified atom stereocenters. The van der Waals surface area contributed by atoms with E-state index in [-0.39, 0.29) is 6.04 Å². The molecule has 21 heavy (non-hydrogen) atoms. The monoisotopic (exact) mass is 305 g/mol. The lowest BCUT2D eigenvalue weighted by Crippen LogP contribution is -2.17. The van der Waals surface area contributed by atoms with Gasteiger partial charge in [-0.2, -0.15) is 0 Å². The molecule has 0 amide bonds. The van der Waals surface area contributed by atoms with Crippen molar-refractivity contribution in [3.63, 3.8) is 0 Å². The fourth-order valence-electron chi connectivity index (χ4n) is 2.50. The van der Waals surface area contributed by atoms with Crippen molar-refractivity contribution in [1.82, 2.24) is 5.32 Å². The molecule has 0 spiro atoms. The molecule has 0 saturated heterocycles. The minimum absolute atomic E-state index is 0.169. The van der Waals surface area contributed by atoms with Crippen LogP contribution in [0.3, 0.4) is 0 Å². The van der Waals surface area contributed by atoms with Crippen LogP contribution in [-0.4, -0.2) is 21.3 Å². The van der Waals surface area contributed by atoms with E-state index in [0.29, 0.717) is 0 Å². The van der Waals surface area contributed by atoms with Crippen molar-refractivity contribution in [3.8, 4) is 11.5 Å². The topological polar surface area (TPSA) is 30.5 Å². The molecule has 114 valence electrons. The number of aryl methyl sites for hydroxylation is 3. The van der Waals surface area contributed by atoms with E-state index in [4.69, 9.17) is 9.47 Å². The highest BCUT2D eigenvalue weighted by atomic mass is 32.1. The van der Waals surface area contributed by atoms with Crippen molar-refractivity contribution in [2.45, 2.75) is 26.8 Å². The molecule has 1 aromatic carbocycles. The van der Waals surface area contributed by atoms with Crippen molar-refractivity contribution in [1.29, 1.82) is 0 Å². The smallest absolute Gasteiger partial charge is 0.161 e. The summed E-state index contributed by atoms with van der Waals surface area (Å²) in [6.07, 6.45) is 0. The molecule has 0 saturated carbocycles.